The molecule has 0 nitrogen and oxygen atoms in total. The second kappa shape index (κ2) is 5.85. The van der Waals surface area contributed by atoms with Crippen LogP contribution in [0.25, 0.3) is 0 Å². The fourth-order valence-corrected chi connectivity index (χ4v) is 1.42. The van der Waals surface area contributed by atoms with Gasteiger partial charge in [0.1, 0.15) is 0 Å². The molecule has 0 radical (unpaired) electrons. The molecular formula is C8H2F15I. The monoisotopic (exact) mass is 510 g/mol. The first-order chi connectivity index (χ1) is 10.1. The van der Waals surface area contributed by atoms with Crippen LogP contribution in [0.5, 0.6) is 0 Å². The SMILES string of the molecule is FCC(F)(F)C(F)(F)C(F)(F)C(F)(F)C(F)(F)C(F)(F)C(F)(F)I. The van der Waals surface area contributed by atoms with E-state index in [0.717, 1.165) is 0 Å². The Hall–Kier alpha value is -0.320. The summed E-state index contributed by atoms with van der Waals surface area (Å²) in [7, 11) is 0. The first-order valence-corrected chi connectivity index (χ1v) is 6.03. The van der Waals surface area contributed by atoms with E-state index in [2.05, 4.69) is 0 Å². The Morgan fingerprint density at radius 2 is 0.708 bits per heavy atom. The van der Waals surface area contributed by atoms with Gasteiger partial charge in [-0.3, -0.25) is 0 Å². The number of rotatable bonds is 7. The first kappa shape index (κ1) is 23.7. The minimum Gasteiger partial charge on any atom is -0.244 e. The van der Waals surface area contributed by atoms with Crippen LogP contribution in [0.15, 0.2) is 0 Å². The van der Waals surface area contributed by atoms with Crippen molar-refractivity contribution < 1.29 is 65.9 Å². The molecule has 0 rings (SSSR count). The van der Waals surface area contributed by atoms with Crippen molar-refractivity contribution in [3.8, 4) is 0 Å². The van der Waals surface area contributed by atoms with E-state index < -0.39 is 68.7 Å². The maximum atomic E-state index is 12.9. The number of alkyl halides is 16. The lowest BCUT2D eigenvalue weighted by Gasteiger charge is -2.41. The van der Waals surface area contributed by atoms with E-state index in [4.69, 9.17) is 0 Å². The molecule has 0 spiro atoms. The van der Waals surface area contributed by atoms with Crippen LogP contribution in [0.2, 0.25) is 0 Å². The van der Waals surface area contributed by atoms with Crippen LogP contribution in [-0.2, 0) is 0 Å². The number of hydrogen-bond donors (Lipinski definition) is 0. The Kier molecular flexibility index (Phi) is 5.77. The first-order valence-electron chi connectivity index (χ1n) is 4.96. The highest BCUT2D eigenvalue weighted by Crippen LogP contribution is 2.62. The Labute approximate surface area is 135 Å². The highest BCUT2D eigenvalue weighted by Gasteiger charge is 2.92. The van der Waals surface area contributed by atoms with Crippen molar-refractivity contribution >= 4 is 22.6 Å². The zero-order valence-electron chi connectivity index (χ0n) is 10.3. The maximum absolute atomic E-state index is 12.9. The van der Waals surface area contributed by atoms with Crippen LogP contribution in [0.3, 0.4) is 0 Å². The fraction of sp³-hybridized carbons (Fsp3) is 1.00. The average molecular weight is 510 g/mol. The van der Waals surface area contributed by atoms with Crippen molar-refractivity contribution in [2.24, 2.45) is 0 Å². The molecule has 24 heavy (non-hydrogen) atoms. The Bertz CT molecular complexity index is 461. The zero-order valence-corrected chi connectivity index (χ0v) is 12.4. The molecule has 0 N–H and O–H groups in total. The molecule has 146 valence electrons. The summed E-state index contributed by atoms with van der Waals surface area (Å²) in [6.45, 7) is -3.77. The topological polar surface area (TPSA) is 0 Å². The van der Waals surface area contributed by atoms with Crippen LogP contribution < -0.4 is 0 Å². The van der Waals surface area contributed by atoms with Gasteiger partial charge in [0.05, 0.1) is 0 Å². The van der Waals surface area contributed by atoms with Gasteiger partial charge in [-0.05, 0) is 0 Å². The Morgan fingerprint density at radius 3 is 0.958 bits per heavy atom. The third-order valence-electron chi connectivity index (χ3n) is 2.56. The van der Waals surface area contributed by atoms with Gasteiger partial charge in [0, 0.05) is 22.6 Å². The van der Waals surface area contributed by atoms with Gasteiger partial charge in [-0.1, -0.05) is 0 Å². The van der Waals surface area contributed by atoms with Crippen LogP contribution in [-0.4, -0.2) is 46.1 Å². The van der Waals surface area contributed by atoms with Crippen LogP contribution in [0, 0.1) is 0 Å². The van der Waals surface area contributed by atoms with Gasteiger partial charge in [0.25, 0.3) is 0 Å². The second-order valence-corrected chi connectivity index (χ2v) is 5.56. The molecule has 0 saturated heterocycles. The lowest BCUT2D eigenvalue weighted by Crippen LogP contribution is -2.72. The minimum atomic E-state index is -8.12. The number of hydrogen-bond acceptors (Lipinski definition) is 0. The minimum absolute atomic E-state index is 0.880. The molecule has 0 aromatic rings. The summed E-state index contributed by atoms with van der Waals surface area (Å²) in [5.41, 5.74) is 0. The Morgan fingerprint density at radius 1 is 0.458 bits per heavy atom. The van der Waals surface area contributed by atoms with Crippen molar-refractivity contribution in [3.05, 3.63) is 0 Å². The van der Waals surface area contributed by atoms with E-state index >= 15 is 0 Å². The molecule has 0 bridgehead atoms. The fourth-order valence-electron chi connectivity index (χ4n) is 1.08. The predicted octanol–water partition coefficient (Wildman–Crippen LogP) is 5.80. The Balaban J connectivity index is 6.42. The van der Waals surface area contributed by atoms with Crippen molar-refractivity contribution in [1.82, 2.24) is 0 Å². The lowest BCUT2D eigenvalue weighted by atomic mass is 9.92. The molecular weight excluding hydrogens is 508 g/mol. The summed E-state index contributed by atoms with van der Waals surface area (Å²) < 4.78 is 183. The molecule has 0 heterocycles. The number of halogens is 16. The highest BCUT2D eigenvalue weighted by molar-refractivity contribution is 14.1. The van der Waals surface area contributed by atoms with Crippen molar-refractivity contribution in [2.75, 3.05) is 6.67 Å². The van der Waals surface area contributed by atoms with Crippen LogP contribution in [0.1, 0.15) is 0 Å². The van der Waals surface area contributed by atoms with E-state index in [0.29, 0.717) is 0 Å². The maximum Gasteiger partial charge on any atom is 0.387 e. The van der Waals surface area contributed by atoms with Gasteiger partial charge in [0.2, 0.25) is 0 Å². The molecule has 16 heteroatoms. The molecule has 0 aliphatic heterocycles. The summed E-state index contributed by atoms with van der Waals surface area (Å²) in [4.78, 5) is 0. The van der Waals surface area contributed by atoms with E-state index in [1.807, 2.05) is 0 Å². The van der Waals surface area contributed by atoms with E-state index in [9.17, 15) is 65.9 Å². The van der Waals surface area contributed by atoms with Crippen molar-refractivity contribution in [3.63, 3.8) is 0 Å². The van der Waals surface area contributed by atoms with Gasteiger partial charge in [-0.25, -0.2) is 4.39 Å². The molecule has 0 aromatic heterocycles. The van der Waals surface area contributed by atoms with Gasteiger partial charge in [-0.15, -0.1) is 0 Å². The normalized spacial score (nSPS) is 16.5. The zero-order chi connectivity index (χ0) is 20.2. The van der Waals surface area contributed by atoms with Gasteiger partial charge >= 0.3 is 39.5 Å². The van der Waals surface area contributed by atoms with Crippen LogP contribution in [0.4, 0.5) is 65.9 Å². The molecule has 0 unspecified atom stereocenters. The van der Waals surface area contributed by atoms with Gasteiger partial charge < -0.3 is 0 Å². The van der Waals surface area contributed by atoms with Gasteiger partial charge in [0.15, 0.2) is 6.67 Å². The largest absolute Gasteiger partial charge is 0.387 e. The summed E-state index contributed by atoms with van der Waals surface area (Å²) >= 11 is -0.880. The smallest absolute Gasteiger partial charge is 0.244 e. The van der Waals surface area contributed by atoms with Crippen molar-refractivity contribution in [1.29, 1.82) is 0 Å². The van der Waals surface area contributed by atoms with E-state index in [-0.39, 0.29) is 0 Å². The molecule has 0 aromatic carbocycles. The molecule has 0 atom stereocenters. The summed E-state index contributed by atoms with van der Waals surface area (Å²) in [5, 5.41) is 0. The third kappa shape index (κ3) is 2.89. The lowest BCUT2D eigenvalue weighted by molar-refractivity contribution is -0.434. The molecule has 0 aliphatic carbocycles. The summed E-state index contributed by atoms with van der Waals surface area (Å²) in [5.74, 6) is -45.8. The summed E-state index contributed by atoms with van der Waals surface area (Å²) in [6.07, 6.45) is 0. The molecule has 0 aliphatic rings. The van der Waals surface area contributed by atoms with Gasteiger partial charge in [-0.2, -0.15) is 61.5 Å². The quantitative estimate of drug-likeness (QED) is 0.231. The van der Waals surface area contributed by atoms with Crippen LogP contribution >= 0.6 is 22.6 Å². The average Bonchev–Trinajstić information content (AvgIpc) is 2.36. The molecule has 0 fully saturated rings. The second-order valence-electron chi connectivity index (χ2n) is 4.21. The molecule has 0 amide bonds. The van der Waals surface area contributed by atoms with E-state index in [1.54, 1.807) is 0 Å². The molecule has 0 saturated carbocycles. The standard InChI is InChI=1S/C8H2F15I/c9-1-2(10,11)3(12,13)4(14,15)5(16,17)6(18,19)7(20,21)8(22,23)24/h1H2. The highest BCUT2D eigenvalue weighted by atomic mass is 127. The predicted molar refractivity (Wildman–Crippen MR) is 54.6 cm³/mol. The van der Waals surface area contributed by atoms with Crippen molar-refractivity contribution in [2.45, 2.75) is 39.5 Å². The van der Waals surface area contributed by atoms with E-state index in [1.165, 1.54) is 0 Å². The summed E-state index contributed by atoms with van der Waals surface area (Å²) in [6, 6.07) is 0. The third-order valence-corrected chi connectivity index (χ3v) is 3.24.